The summed E-state index contributed by atoms with van der Waals surface area (Å²) in [6.45, 7) is 3.84. The van der Waals surface area contributed by atoms with Crippen molar-refractivity contribution in [3.05, 3.63) is 60.9 Å². The van der Waals surface area contributed by atoms with Crippen LogP contribution < -0.4 is 9.47 Å². The molecule has 2 aliphatic rings. The summed E-state index contributed by atoms with van der Waals surface area (Å²) < 4.78 is 18.8. The van der Waals surface area contributed by atoms with Crippen molar-refractivity contribution in [1.29, 1.82) is 0 Å². The molecule has 2 fully saturated rings. The number of thioether (sulfide) groups is 1. The molecule has 34 heavy (non-hydrogen) atoms. The van der Waals surface area contributed by atoms with Gasteiger partial charge >= 0.3 is 0 Å². The third kappa shape index (κ3) is 6.09. The Labute approximate surface area is 226 Å². The minimum absolute atomic E-state index is 0.0473. The van der Waals surface area contributed by atoms with E-state index in [-0.39, 0.29) is 18.6 Å². The molecule has 0 aliphatic carbocycles. The van der Waals surface area contributed by atoms with Crippen LogP contribution in [0.5, 0.6) is 11.5 Å². The predicted octanol–water partition coefficient (Wildman–Crippen LogP) is 7.11. The fraction of sp³-hybridized carbons (Fsp3) is 0.333. The van der Waals surface area contributed by atoms with Gasteiger partial charge in [-0.1, -0.05) is 53.2 Å². The van der Waals surface area contributed by atoms with Gasteiger partial charge in [0.1, 0.15) is 10.9 Å². The first-order chi connectivity index (χ1) is 16.4. The molecule has 5 nitrogen and oxygen atoms in total. The maximum Gasteiger partial charge on any atom is 0.266 e. The second kappa shape index (κ2) is 11.6. The molecule has 2 aromatic rings. The van der Waals surface area contributed by atoms with Crippen molar-refractivity contribution in [3.63, 3.8) is 0 Å². The highest BCUT2D eigenvalue weighted by Gasteiger charge is 2.34. The maximum absolute atomic E-state index is 13.0. The van der Waals surface area contributed by atoms with Gasteiger partial charge in [-0.3, -0.25) is 9.69 Å². The van der Waals surface area contributed by atoms with Crippen molar-refractivity contribution in [2.24, 2.45) is 0 Å². The van der Waals surface area contributed by atoms with Crippen molar-refractivity contribution < 1.29 is 19.0 Å². The van der Waals surface area contributed by atoms with E-state index in [4.69, 9.17) is 49.6 Å². The topological polar surface area (TPSA) is 48.0 Å². The van der Waals surface area contributed by atoms with Gasteiger partial charge in [0, 0.05) is 22.2 Å². The van der Waals surface area contributed by atoms with Crippen LogP contribution in [-0.4, -0.2) is 41.0 Å². The van der Waals surface area contributed by atoms with Gasteiger partial charge in [-0.15, -0.1) is 0 Å². The number of benzene rings is 2. The standard InChI is InChI=1S/C24H22BrCl2NO4S2/c1-2-30-20-9-14(8-18(25)22(20)32-13-15-5-6-16(26)11-19(15)27)10-21-23(29)28(24(33)34-21)12-17-4-3-7-31-17/h5-6,8-11,17H,2-4,7,12-13H2,1H3/b21-10-/t17-/m0/s1. The van der Waals surface area contributed by atoms with E-state index in [1.807, 2.05) is 31.2 Å². The third-order valence-electron chi connectivity index (χ3n) is 5.30. The van der Waals surface area contributed by atoms with Crippen molar-refractivity contribution >= 4 is 79.4 Å². The van der Waals surface area contributed by atoms with Gasteiger partial charge in [0.05, 0.1) is 28.6 Å². The first-order valence-corrected chi connectivity index (χ1v) is 13.5. The molecule has 0 unspecified atom stereocenters. The number of carbonyl (C=O) groups excluding carboxylic acids is 1. The number of hydrogen-bond acceptors (Lipinski definition) is 6. The zero-order chi connectivity index (χ0) is 24.2. The Hall–Kier alpha value is -1.29. The number of hydrogen-bond donors (Lipinski definition) is 0. The number of rotatable bonds is 8. The minimum atomic E-state index is -0.0997. The normalized spacial score (nSPS) is 19.4. The predicted molar refractivity (Wildman–Crippen MR) is 145 cm³/mol. The SMILES string of the molecule is CCOc1cc(/C=C2\SC(=S)N(C[C@@H]3CCCO3)C2=O)cc(Br)c1OCc1ccc(Cl)cc1Cl. The zero-order valence-electron chi connectivity index (χ0n) is 18.3. The molecule has 10 heteroatoms. The second-order valence-electron chi connectivity index (χ2n) is 7.71. The van der Waals surface area contributed by atoms with Crippen LogP contribution in [0.3, 0.4) is 0 Å². The number of ether oxygens (including phenoxy) is 3. The first kappa shape index (κ1) is 25.8. The monoisotopic (exact) mass is 601 g/mol. The Morgan fingerprint density at radius 2 is 2.12 bits per heavy atom. The van der Waals surface area contributed by atoms with Crippen molar-refractivity contribution in [1.82, 2.24) is 4.90 Å². The third-order valence-corrected chi connectivity index (χ3v) is 7.85. The van der Waals surface area contributed by atoms with Crippen LogP contribution in [-0.2, 0) is 16.1 Å². The molecule has 1 atom stereocenters. The van der Waals surface area contributed by atoms with Crippen LogP contribution in [0.4, 0.5) is 0 Å². The second-order valence-corrected chi connectivity index (χ2v) is 11.1. The van der Waals surface area contributed by atoms with E-state index < -0.39 is 0 Å². The lowest BCUT2D eigenvalue weighted by molar-refractivity contribution is -0.123. The molecule has 2 heterocycles. The highest BCUT2D eigenvalue weighted by atomic mass is 79.9. The van der Waals surface area contributed by atoms with Crippen LogP contribution in [0, 0.1) is 0 Å². The van der Waals surface area contributed by atoms with Gasteiger partial charge in [-0.25, -0.2) is 0 Å². The molecule has 0 spiro atoms. The van der Waals surface area contributed by atoms with E-state index in [2.05, 4.69) is 15.9 Å². The molecular weight excluding hydrogens is 581 g/mol. The van der Waals surface area contributed by atoms with E-state index in [0.29, 0.717) is 48.4 Å². The van der Waals surface area contributed by atoms with E-state index in [9.17, 15) is 4.79 Å². The molecule has 0 aromatic heterocycles. The molecule has 2 aromatic carbocycles. The van der Waals surface area contributed by atoms with Gasteiger partial charge in [0.15, 0.2) is 11.5 Å². The summed E-state index contributed by atoms with van der Waals surface area (Å²) in [6.07, 6.45) is 3.83. The van der Waals surface area contributed by atoms with Gasteiger partial charge in [-0.05, 0) is 71.6 Å². The molecular formula is C24H22BrCl2NO4S2. The summed E-state index contributed by atoms with van der Waals surface area (Å²) in [5.74, 6) is 1.01. The smallest absolute Gasteiger partial charge is 0.266 e. The van der Waals surface area contributed by atoms with Crippen LogP contribution in [0.1, 0.15) is 30.9 Å². The van der Waals surface area contributed by atoms with E-state index in [1.54, 1.807) is 17.0 Å². The van der Waals surface area contributed by atoms with E-state index in [0.717, 1.165) is 30.6 Å². The van der Waals surface area contributed by atoms with Crippen molar-refractivity contribution in [2.45, 2.75) is 32.5 Å². The molecule has 0 radical (unpaired) electrons. The highest BCUT2D eigenvalue weighted by Crippen LogP contribution is 2.40. The minimum Gasteiger partial charge on any atom is -0.490 e. The van der Waals surface area contributed by atoms with Crippen LogP contribution in [0.2, 0.25) is 10.0 Å². The number of halogens is 3. The summed E-state index contributed by atoms with van der Waals surface area (Å²) in [6, 6.07) is 9.00. The Kier molecular flexibility index (Phi) is 8.82. The number of thiocarbonyl (C=S) groups is 1. The highest BCUT2D eigenvalue weighted by molar-refractivity contribution is 9.10. The summed E-state index contributed by atoms with van der Waals surface area (Å²) >= 11 is 22.6. The lowest BCUT2D eigenvalue weighted by Crippen LogP contribution is -2.35. The maximum atomic E-state index is 13.0. The molecule has 4 rings (SSSR count). The van der Waals surface area contributed by atoms with Gasteiger partial charge < -0.3 is 14.2 Å². The summed E-state index contributed by atoms with van der Waals surface area (Å²) in [5.41, 5.74) is 1.60. The summed E-state index contributed by atoms with van der Waals surface area (Å²) in [7, 11) is 0. The fourth-order valence-corrected chi connectivity index (χ4v) is 5.98. The van der Waals surface area contributed by atoms with Crippen LogP contribution >= 0.6 is 63.1 Å². The Bertz CT molecular complexity index is 1140. The molecule has 0 bridgehead atoms. The fourth-order valence-electron chi connectivity index (χ4n) is 3.66. The molecule has 0 N–H and O–H groups in total. The largest absolute Gasteiger partial charge is 0.490 e. The molecule has 0 saturated carbocycles. The molecule has 2 aliphatic heterocycles. The average Bonchev–Trinajstić information content (AvgIpc) is 3.39. The molecule has 2 saturated heterocycles. The summed E-state index contributed by atoms with van der Waals surface area (Å²) in [5, 5.41) is 1.10. The Balaban J connectivity index is 1.54. The van der Waals surface area contributed by atoms with E-state index in [1.165, 1.54) is 11.8 Å². The van der Waals surface area contributed by atoms with Gasteiger partial charge in [0.2, 0.25) is 0 Å². The number of nitrogens with zero attached hydrogens (tertiary/aromatic N) is 1. The quantitative estimate of drug-likeness (QED) is 0.237. The lowest BCUT2D eigenvalue weighted by atomic mass is 10.1. The zero-order valence-corrected chi connectivity index (χ0v) is 23.0. The number of carbonyl (C=O) groups is 1. The van der Waals surface area contributed by atoms with E-state index >= 15 is 0 Å². The van der Waals surface area contributed by atoms with Crippen molar-refractivity contribution in [2.75, 3.05) is 19.8 Å². The van der Waals surface area contributed by atoms with Gasteiger partial charge in [0.25, 0.3) is 5.91 Å². The Morgan fingerprint density at radius 3 is 2.82 bits per heavy atom. The molecule has 180 valence electrons. The average molecular weight is 603 g/mol. The van der Waals surface area contributed by atoms with Gasteiger partial charge in [-0.2, -0.15) is 0 Å². The Morgan fingerprint density at radius 1 is 1.29 bits per heavy atom. The van der Waals surface area contributed by atoms with Crippen molar-refractivity contribution in [3.8, 4) is 11.5 Å². The number of amides is 1. The summed E-state index contributed by atoms with van der Waals surface area (Å²) in [4.78, 5) is 15.2. The van der Waals surface area contributed by atoms with Crippen LogP contribution in [0.15, 0.2) is 39.7 Å². The van der Waals surface area contributed by atoms with Crippen LogP contribution in [0.25, 0.3) is 6.08 Å². The lowest BCUT2D eigenvalue weighted by Gasteiger charge is -2.18. The molecule has 1 amide bonds. The first-order valence-electron chi connectivity index (χ1n) is 10.8.